The van der Waals surface area contributed by atoms with E-state index in [-0.39, 0.29) is 24.1 Å². The van der Waals surface area contributed by atoms with Crippen LogP contribution in [0.5, 0.6) is 0 Å². The van der Waals surface area contributed by atoms with Gasteiger partial charge in [0.25, 0.3) is 11.8 Å². The Morgan fingerprint density at radius 2 is 1.59 bits per heavy atom. The van der Waals surface area contributed by atoms with Crippen molar-refractivity contribution in [2.24, 2.45) is 0 Å². The van der Waals surface area contributed by atoms with Crippen molar-refractivity contribution in [3.05, 3.63) is 77.2 Å². The summed E-state index contributed by atoms with van der Waals surface area (Å²) in [4.78, 5) is 36.9. The summed E-state index contributed by atoms with van der Waals surface area (Å²) in [5.41, 5.74) is 3.71. The highest BCUT2D eigenvalue weighted by Crippen LogP contribution is 2.25. The third kappa shape index (κ3) is 8.42. The third-order valence-corrected chi connectivity index (χ3v) is 5.54. The van der Waals surface area contributed by atoms with Crippen LogP contribution in [0.2, 0.25) is 0 Å². The van der Waals surface area contributed by atoms with Crippen molar-refractivity contribution in [2.75, 3.05) is 42.2 Å². The van der Waals surface area contributed by atoms with Gasteiger partial charge in [0.2, 0.25) is 0 Å². The highest BCUT2D eigenvalue weighted by molar-refractivity contribution is 6.05. The Balaban J connectivity index is 1.65. The highest BCUT2D eigenvalue weighted by atomic mass is 16.5. The van der Waals surface area contributed by atoms with Gasteiger partial charge in [-0.3, -0.25) is 14.4 Å². The summed E-state index contributed by atoms with van der Waals surface area (Å²) in [5.74, 6) is -0.204. The first-order valence-corrected chi connectivity index (χ1v) is 12.4. The minimum Gasteiger partial charge on any atom is -0.466 e. The van der Waals surface area contributed by atoms with Gasteiger partial charge in [0, 0.05) is 37.3 Å². The number of nitrogens with one attached hydrogen (secondary N) is 4. The Morgan fingerprint density at radius 3 is 2.30 bits per heavy atom. The van der Waals surface area contributed by atoms with Crippen molar-refractivity contribution in [1.82, 2.24) is 5.32 Å². The summed E-state index contributed by atoms with van der Waals surface area (Å²) >= 11 is 0. The molecular weight excluding hydrogens is 472 g/mol. The van der Waals surface area contributed by atoms with E-state index in [2.05, 4.69) is 21.3 Å². The standard InChI is InChI=1S/C28H34N4O5/c1-4-36-26(33)10-7-15-31-27(34)21-12-13-23(30-17-16-29-22-9-6-5-8-19(22)2)24(18-21)32-28(35)25-14-11-20(3)37-25/h5-6,8-9,11-14,18,29-30H,4,7,10,15-17H2,1-3H3,(H,31,34)(H,32,35). The number of aryl methyl sites for hydroxylation is 2. The molecule has 2 amide bonds. The predicted molar refractivity (Wildman–Crippen MR) is 144 cm³/mol. The van der Waals surface area contributed by atoms with Gasteiger partial charge in [-0.25, -0.2) is 0 Å². The average molecular weight is 507 g/mol. The molecule has 9 nitrogen and oxygen atoms in total. The number of anilines is 3. The monoisotopic (exact) mass is 506 g/mol. The van der Waals surface area contributed by atoms with Crippen molar-refractivity contribution in [3.8, 4) is 0 Å². The van der Waals surface area contributed by atoms with E-state index in [0.29, 0.717) is 55.4 Å². The maximum Gasteiger partial charge on any atom is 0.305 e. The first-order valence-electron chi connectivity index (χ1n) is 12.4. The quantitative estimate of drug-likeness (QED) is 0.195. The van der Waals surface area contributed by atoms with Crippen LogP contribution in [0.25, 0.3) is 0 Å². The van der Waals surface area contributed by atoms with Gasteiger partial charge in [-0.1, -0.05) is 18.2 Å². The molecule has 3 rings (SSSR count). The summed E-state index contributed by atoms with van der Waals surface area (Å²) in [6, 6.07) is 16.4. The van der Waals surface area contributed by atoms with Gasteiger partial charge in [0.15, 0.2) is 5.76 Å². The van der Waals surface area contributed by atoms with Crippen LogP contribution in [0.15, 0.2) is 59.0 Å². The van der Waals surface area contributed by atoms with Crippen LogP contribution < -0.4 is 21.3 Å². The first-order chi connectivity index (χ1) is 17.9. The lowest BCUT2D eigenvalue weighted by Gasteiger charge is -2.15. The van der Waals surface area contributed by atoms with E-state index in [4.69, 9.17) is 9.15 Å². The van der Waals surface area contributed by atoms with Gasteiger partial charge in [-0.2, -0.15) is 0 Å². The molecule has 0 saturated heterocycles. The molecule has 0 aliphatic heterocycles. The number of para-hydroxylation sites is 1. The fourth-order valence-electron chi connectivity index (χ4n) is 3.62. The Hall–Kier alpha value is -4.27. The van der Waals surface area contributed by atoms with Gasteiger partial charge in [0.1, 0.15) is 5.76 Å². The van der Waals surface area contributed by atoms with Crippen molar-refractivity contribution < 1.29 is 23.5 Å². The molecule has 1 heterocycles. The molecule has 0 atom stereocenters. The lowest BCUT2D eigenvalue weighted by atomic mass is 10.1. The number of ether oxygens (including phenoxy) is 1. The molecule has 1 aromatic heterocycles. The van der Waals surface area contributed by atoms with Crippen molar-refractivity contribution in [2.45, 2.75) is 33.6 Å². The van der Waals surface area contributed by atoms with Gasteiger partial charge < -0.3 is 30.4 Å². The number of hydrogen-bond acceptors (Lipinski definition) is 7. The molecule has 0 saturated carbocycles. The van der Waals surface area contributed by atoms with Crippen LogP contribution in [0, 0.1) is 13.8 Å². The van der Waals surface area contributed by atoms with E-state index < -0.39 is 5.91 Å². The van der Waals surface area contributed by atoms with E-state index in [1.54, 1.807) is 44.2 Å². The zero-order chi connectivity index (χ0) is 26.6. The van der Waals surface area contributed by atoms with E-state index in [0.717, 1.165) is 11.3 Å². The number of amides is 2. The third-order valence-electron chi connectivity index (χ3n) is 5.54. The number of benzene rings is 2. The minimum absolute atomic E-state index is 0.179. The summed E-state index contributed by atoms with van der Waals surface area (Å²) in [5, 5.41) is 12.3. The van der Waals surface area contributed by atoms with Crippen molar-refractivity contribution >= 4 is 34.8 Å². The molecule has 0 bridgehead atoms. The molecule has 0 aliphatic rings. The number of furan rings is 1. The van der Waals surface area contributed by atoms with Crippen molar-refractivity contribution in [3.63, 3.8) is 0 Å². The summed E-state index contributed by atoms with van der Waals surface area (Å²) in [6.45, 7) is 7.45. The maximum atomic E-state index is 12.8. The smallest absolute Gasteiger partial charge is 0.305 e. The lowest BCUT2D eigenvalue weighted by Crippen LogP contribution is -2.25. The summed E-state index contributed by atoms with van der Waals surface area (Å²) in [6.07, 6.45) is 0.705. The Bertz CT molecular complexity index is 1220. The van der Waals surface area contributed by atoms with Gasteiger partial charge in [-0.05, 0) is 69.2 Å². The average Bonchev–Trinajstić information content (AvgIpc) is 3.32. The van der Waals surface area contributed by atoms with E-state index >= 15 is 0 Å². The molecule has 0 fully saturated rings. The second-order valence-corrected chi connectivity index (χ2v) is 8.46. The van der Waals surface area contributed by atoms with Crippen LogP contribution in [0.3, 0.4) is 0 Å². The van der Waals surface area contributed by atoms with E-state index in [1.165, 1.54) is 0 Å². The number of carbonyl (C=O) groups excluding carboxylic acids is 3. The molecule has 3 aromatic rings. The summed E-state index contributed by atoms with van der Waals surface area (Å²) < 4.78 is 10.3. The molecule has 0 radical (unpaired) electrons. The van der Waals surface area contributed by atoms with Crippen LogP contribution in [-0.4, -0.2) is 44.0 Å². The molecule has 37 heavy (non-hydrogen) atoms. The zero-order valence-corrected chi connectivity index (χ0v) is 21.5. The zero-order valence-electron chi connectivity index (χ0n) is 21.5. The molecule has 0 spiro atoms. The van der Waals surface area contributed by atoms with Crippen LogP contribution in [0.1, 0.15) is 52.0 Å². The van der Waals surface area contributed by atoms with Crippen LogP contribution >= 0.6 is 0 Å². The van der Waals surface area contributed by atoms with Gasteiger partial charge in [-0.15, -0.1) is 0 Å². The number of hydrogen-bond donors (Lipinski definition) is 4. The largest absolute Gasteiger partial charge is 0.466 e. The van der Waals surface area contributed by atoms with Crippen LogP contribution in [-0.2, 0) is 9.53 Å². The van der Waals surface area contributed by atoms with E-state index in [1.807, 2.05) is 31.2 Å². The second-order valence-electron chi connectivity index (χ2n) is 8.46. The number of esters is 1. The van der Waals surface area contributed by atoms with Gasteiger partial charge >= 0.3 is 5.97 Å². The molecular formula is C28H34N4O5. The molecule has 9 heteroatoms. The normalized spacial score (nSPS) is 10.5. The first kappa shape index (κ1) is 27.3. The Kier molecular flexibility index (Phi) is 10.1. The Labute approximate surface area is 217 Å². The molecule has 196 valence electrons. The maximum absolute atomic E-state index is 12.8. The lowest BCUT2D eigenvalue weighted by molar-refractivity contribution is -0.143. The topological polar surface area (TPSA) is 122 Å². The fraction of sp³-hybridized carbons (Fsp3) is 0.321. The minimum atomic E-state index is -0.416. The van der Waals surface area contributed by atoms with Gasteiger partial charge in [0.05, 0.1) is 18.0 Å². The van der Waals surface area contributed by atoms with Crippen LogP contribution in [0.4, 0.5) is 17.1 Å². The predicted octanol–water partition coefficient (Wildman–Crippen LogP) is 4.75. The number of rotatable bonds is 13. The van der Waals surface area contributed by atoms with Crippen molar-refractivity contribution in [1.29, 1.82) is 0 Å². The summed E-state index contributed by atoms with van der Waals surface area (Å²) in [7, 11) is 0. The molecule has 2 aromatic carbocycles. The second kappa shape index (κ2) is 13.7. The highest BCUT2D eigenvalue weighted by Gasteiger charge is 2.15. The molecule has 4 N–H and O–H groups in total. The Morgan fingerprint density at radius 1 is 0.838 bits per heavy atom. The number of carbonyl (C=O) groups is 3. The molecule has 0 aliphatic carbocycles. The molecule has 0 unspecified atom stereocenters. The fourth-order valence-corrected chi connectivity index (χ4v) is 3.62. The van der Waals surface area contributed by atoms with E-state index in [9.17, 15) is 14.4 Å². The SMILES string of the molecule is CCOC(=O)CCCNC(=O)c1ccc(NCCNc2ccccc2C)c(NC(=O)c2ccc(C)o2)c1.